The van der Waals surface area contributed by atoms with E-state index in [2.05, 4.69) is 6.92 Å². The minimum absolute atomic E-state index is 0.182. The third kappa shape index (κ3) is 5.26. The number of rotatable bonds is 8. The quantitative estimate of drug-likeness (QED) is 0.284. The zero-order valence-corrected chi connectivity index (χ0v) is 20.0. The molecule has 0 N–H and O–H groups in total. The molecule has 0 bridgehead atoms. The van der Waals surface area contributed by atoms with E-state index >= 15 is 4.39 Å². The van der Waals surface area contributed by atoms with Crippen LogP contribution in [0.15, 0.2) is 36.4 Å². The van der Waals surface area contributed by atoms with Crippen LogP contribution in [0.3, 0.4) is 0 Å². The summed E-state index contributed by atoms with van der Waals surface area (Å²) in [6, 6.07) is 7.29. The molecule has 2 aliphatic rings. The van der Waals surface area contributed by atoms with E-state index < -0.39 is 0 Å². The van der Waals surface area contributed by atoms with Gasteiger partial charge >= 0.3 is 0 Å². The lowest BCUT2D eigenvalue weighted by atomic mass is 9.63. The van der Waals surface area contributed by atoms with Crippen molar-refractivity contribution in [3.05, 3.63) is 59.2 Å². The highest BCUT2D eigenvalue weighted by Crippen LogP contribution is 2.49. The lowest BCUT2D eigenvalue weighted by Crippen LogP contribution is -2.30. The fourth-order valence-corrected chi connectivity index (χ4v) is 6.50. The van der Waals surface area contributed by atoms with Crippen molar-refractivity contribution in [3.8, 4) is 0 Å². The number of benzene rings is 2. The molecule has 2 aromatic carbocycles. The minimum atomic E-state index is -0.275. The largest absolute Gasteiger partial charge is 0.207 e. The molecule has 2 fully saturated rings. The van der Waals surface area contributed by atoms with E-state index in [9.17, 15) is 4.39 Å². The zero-order chi connectivity index (χ0) is 22.5. The zero-order valence-electron chi connectivity index (χ0n) is 20.0. The van der Waals surface area contributed by atoms with Crippen LogP contribution in [0.4, 0.5) is 8.78 Å². The number of aryl methyl sites for hydroxylation is 1. The standard InChI is InChI=1S/C30H40F2/c1-3-5-7-9-21-11-12-23-18-24(14-13-22(23)17-21)27-16-15-25-19-26(10-8-6-4-2)29(31)20-28(25)30(27)32/h4,6,15-16,19-24H,3,5,7-14,17-18H2,1-2H3/b6-4+. The van der Waals surface area contributed by atoms with Gasteiger partial charge in [-0.25, -0.2) is 8.78 Å². The van der Waals surface area contributed by atoms with Gasteiger partial charge in [0.1, 0.15) is 11.6 Å². The van der Waals surface area contributed by atoms with E-state index in [1.807, 2.05) is 37.3 Å². The van der Waals surface area contributed by atoms with E-state index in [0.29, 0.717) is 17.4 Å². The lowest BCUT2D eigenvalue weighted by Gasteiger charge is -2.42. The summed E-state index contributed by atoms with van der Waals surface area (Å²) in [6.45, 7) is 4.25. The van der Waals surface area contributed by atoms with Crippen LogP contribution in [0.1, 0.15) is 102 Å². The van der Waals surface area contributed by atoms with Crippen LogP contribution in [-0.2, 0) is 6.42 Å². The van der Waals surface area contributed by atoms with Gasteiger partial charge in [-0.2, -0.15) is 0 Å². The Balaban J connectivity index is 1.45. The Morgan fingerprint density at radius 2 is 1.78 bits per heavy atom. The average molecular weight is 439 g/mol. The van der Waals surface area contributed by atoms with Crippen molar-refractivity contribution in [2.75, 3.05) is 0 Å². The Labute approximate surface area is 193 Å². The van der Waals surface area contributed by atoms with Crippen molar-refractivity contribution in [1.29, 1.82) is 0 Å². The summed E-state index contributed by atoms with van der Waals surface area (Å²) in [5.74, 6) is 2.34. The van der Waals surface area contributed by atoms with Crippen molar-refractivity contribution >= 4 is 10.8 Å². The van der Waals surface area contributed by atoms with E-state index in [1.165, 1.54) is 57.4 Å². The fourth-order valence-electron chi connectivity index (χ4n) is 6.50. The molecule has 32 heavy (non-hydrogen) atoms. The van der Waals surface area contributed by atoms with Gasteiger partial charge in [-0.3, -0.25) is 0 Å². The van der Waals surface area contributed by atoms with E-state index in [-0.39, 0.29) is 17.6 Å². The van der Waals surface area contributed by atoms with Gasteiger partial charge in [0, 0.05) is 5.39 Å². The Kier molecular flexibility index (Phi) is 8.02. The number of halogens is 2. The van der Waals surface area contributed by atoms with Crippen molar-refractivity contribution in [2.24, 2.45) is 17.8 Å². The van der Waals surface area contributed by atoms with Gasteiger partial charge in [-0.15, -0.1) is 0 Å². The highest BCUT2D eigenvalue weighted by Gasteiger charge is 2.36. The topological polar surface area (TPSA) is 0 Å². The van der Waals surface area contributed by atoms with Crippen molar-refractivity contribution in [2.45, 2.75) is 96.8 Å². The van der Waals surface area contributed by atoms with Gasteiger partial charge in [-0.05, 0) is 104 Å². The molecular weight excluding hydrogens is 398 g/mol. The molecule has 0 saturated heterocycles. The Morgan fingerprint density at radius 1 is 0.969 bits per heavy atom. The first kappa shape index (κ1) is 23.5. The van der Waals surface area contributed by atoms with Crippen LogP contribution in [0.5, 0.6) is 0 Å². The number of hydrogen-bond donors (Lipinski definition) is 0. The van der Waals surface area contributed by atoms with Gasteiger partial charge in [0.05, 0.1) is 0 Å². The summed E-state index contributed by atoms with van der Waals surface area (Å²) in [4.78, 5) is 0. The monoisotopic (exact) mass is 438 g/mol. The smallest absolute Gasteiger partial charge is 0.134 e. The van der Waals surface area contributed by atoms with E-state index in [4.69, 9.17) is 0 Å². The van der Waals surface area contributed by atoms with Gasteiger partial charge in [0.15, 0.2) is 0 Å². The van der Waals surface area contributed by atoms with Gasteiger partial charge < -0.3 is 0 Å². The summed E-state index contributed by atoms with van der Waals surface area (Å²) in [5.41, 5.74) is 1.50. The number of hydrogen-bond acceptors (Lipinski definition) is 0. The van der Waals surface area contributed by atoms with Crippen LogP contribution < -0.4 is 0 Å². The van der Waals surface area contributed by atoms with Crippen LogP contribution in [-0.4, -0.2) is 0 Å². The molecule has 2 saturated carbocycles. The summed E-state index contributed by atoms with van der Waals surface area (Å²) in [7, 11) is 0. The molecule has 2 aliphatic carbocycles. The third-order valence-electron chi connectivity index (χ3n) is 8.34. The fraction of sp³-hybridized carbons (Fsp3) is 0.600. The van der Waals surface area contributed by atoms with Gasteiger partial charge in [0.2, 0.25) is 0 Å². The highest BCUT2D eigenvalue weighted by atomic mass is 19.1. The normalized spacial score (nSPS) is 26.0. The van der Waals surface area contributed by atoms with Crippen molar-refractivity contribution in [3.63, 3.8) is 0 Å². The first-order valence-electron chi connectivity index (χ1n) is 13.1. The second-order valence-electron chi connectivity index (χ2n) is 10.4. The maximum Gasteiger partial charge on any atom is 0.134 e. The molecule has 4 rings (SSSR count). The SMILES string of the molecule is C/C=C/CCc1cc2ccc(C3CCC4CC(CCCCC)CCC4C3)c(F)c2cc1F. The molecule has 0 nitrogen and oxygen atoms in total. The van der Waals surface area contributed by atoms with Crippen LogP contribution in [0.2, 0.25) is 0 Å². The number of fused-ring (bicyclic) bond motifs is 2. The van der Waals surface area contributed by atoms with Crippen LogP contribution in [0.25, 0.3) is 10.8 Å². The first-order valence-corrected chi connectivity index (χ1v) is 13.1. The third-order valence-corrected chi connectivity index (χ3v) is 8.34. The maximum absolute atomic E-state index is 15.6. The summed E-state index contributed by atoms with van der Waals surface area (Å²) < 4.78 is 30.2. The molecule has 2 heteroatoms. The summed E-state index contributed by atoms with van der Waals surface area (Å²) >= 11 is 0. The predicted molar refractivity (Wildman–Crippen MR) is 132 cm³/mol. The molecule has 2 aromatic rings. The molecular formula is C30H40F2. The van der Waals surface area contributed by atoms with Crippen LogP contribution in [0, 0.1) is 29.4 Å². The number of unbranched alkanes of at least 4 members (excludes halogenated alkanes) is 2. The average Bonchev–Trinajstić information content (AvgIpc) is 2.80. The Morgan fingerprint density at radius 3 is 2.59 bits per heavy atom. The highest BCUT2D eigenvalue weighted by molar-refractivity contribution is 5.85. The van der Waals surface area contributed by atoms with Crippen molar-refractivity contribution < 1.29 is 8.78 Å². The predicted octanol–water partition coefficient (Wildman–Crippen LogP) is 9.51. The summed E-state index contributed by atoms with van der Waals surface area (Å²) in [6.07, 6.45) is 18.4. The maximum atomic E-state index is 15.6. The lowest BCUT2D eigenvalue weighted by molar-refractivity contribution is 0.112. The number of allylic oxidation sites excluding steroid dienone is 2. The van der Waals surface area contributed by atoms with Crippen molar-refractivity contribution in [1.82, 2.24) is 0 Å². The molecule has 0 amide bonds. The molecule has 0 radical (unpaired) electrons. The molecule has 0 aromatic heterocycles. The minimum Gasteiger partial charge on any atom is -0.207 e. The second-order valence-corrected chi connectivity index (χ2v) is 10.4. The molecule has 0 heterocycles. The molecule has 174 valence electrons. The van der Waals surface area contributed by atoms with Gasteiger partial charge in [0.25, 0.3) is 0 Å². The molecule has 4 unspecified atom stereocenters. The molecule has 4 atom stereocenters. The first-order chi connectivity index (χ1) is 15.6. The molecule has 0 spiro atoms. The second kappa shape index (κ2) is 10.9. The Hall–Kier alpha value is -1.70. The Bertz CT molecular complexity index is 928. The summed E-state index contributed by atoms with van der Waals surface area (Å²) in [5, 5.41) is 1.28. The van der Waals surface area contributed by atoms with E-state index in [0.717, 1.165) is 48.0 Å². The molecule has 0 aliphatic heterocycles. The van der Waals surface area contributed by atoms with E-state index in [1.54, 1.807) is 0 Å². The van der Waals surface area contributed by atoms with Gasteiger partial charge in [-0.1, -0.05) is 63.3 Å². The van der Waals surface area contributed by atoms with Crippen LogP contribution >= 0.6 is 0 Å².